The minimum Gasteiger partial charge on any atom is -0.334 e. The van der Waals surface area contributed by atoms with Gasteiger partial charge in [0.25, 0.3) is 0 Å². The number of fused-ring (bicyclic) bond motifs is 1. The fraction of sp³-hybridized carbons (Fsp3) is 0.423. The fourth-order valence-electron chi connectivity index (χ4n) is 4.15. The Balaban J connectivity index is 1.98. The van der Waals surface area contributed by atoms with E-state index in [1.807, 2.05) is 0 Å². The van der Waals surface area contributed by atoms with Gasteiger partial charge in [-0.1, -0.05) is 63.7 Å². The molecule has 0 aromatic heterocycles. The van der Waals surface area contributed by atoms with Gasteiger partial charge in [-0.05, 0) is 49.9 Å². The van der Waals surface area contributed by atoms with Gasteiger partial charge in [0, 0.05) is 22.4 Å². The van der Waals surface area contributed by atoms with Gasteiger partial charge >= 0.3 is 0 Å². The first kappa shape index (κ1) is 22.5. The third-order valence-electron chi connectivity index (χ3n) is 5.66. The van der Waals surface area contributed by atoms with Crippen LogP contribution in [0.5, 0.6) is 0 Å². The molecule has 0 bridgehead atoms. The Bertz CT molecular complexity index is 968. The number of nitrogens with zero attached hydrogens (tertiary/aromatic N) is 2. The number of anilines is 1. The van der Waals surface area contributed by atoms with Crippen molar-refractivity contribution in [2.24, 2.45) is 0 Å². The lowest BCUT2D eigenvalue weighted by molar-refractivity contribution is -0.572. The number of rotatable bonds is 8. The van der Waals surface area contributed by atoms with E-state index in [0.717, 1.165) is 43.0 Å². The molecule has 30 heavy (non-hydrogen) atoms. The van der Waals surface area contributed by atoms with Crippen LogP contribution in [0.1, 0.15) is 58.1 Å². The van der Waals surface area contributed by atoms with E-state index in [1.165, 1.54) is 27.4 Å². The van der Waals surface area contributed by atoms with Crippen molar-refractivity contribution in [1.82, 2.24) is 0 Å². The van der Waals surface area contributed by atoms with Crippen molar-refractivity contribution in [3.63, 3.8) is 0 Å². The molecule has 1 heterocycles. The molecule has 3 nitrogen and oxygen atoms in total. The van der Waals surface area contributed by atoms with Crippen molar-refractivity contribution < 1.29 is 5.32 Å². The largest absolute Gasteiger partial charge is 0.334 e. The Morgan fingerprint density at radius 3 is 2.60 bits per heavy atom. The van der Waals surface area contributed by atoms with Crippen molar-refractivity contribution >= 4 is 23.1 Å². The van der Waals surface area contributed by atoms with Crippen LogP contribution < -0.4 is 10.2 Å². The lowest BCUT2D eigenvalue weighted by Crippen LogP contribution is -2.78. The first-order valence-corrected chi connectivity index (χ1v) is 11.8. The highest BCUT2D eigenvalue weighted by Gasteiger charge is 2.32. The summed E-state index contributed by atoms with van der Waals surface area (Å²) >= 11 is 1.75. The number of para-hydroxylation sites is 1. The number of thioether (sulfide) groups is 1. The molecular weight excluding hydrogens is 386 g/mol. The van der Waals surface area contributed by atoms with Crippen LogP contribution in [0.25, 0.3) is 0 Å². The van der Waals surface area contributed by atoms with E-state index in [1.54, 1.807) is 11.8 Å². The number of hydrogen-bond acceptors (Lipinski definition) is 3. The van der Waals surface area contributed by atoms with Crippen LogP contribution in [0, 0.1) is 18.3 Å². The molecule has 2 N–H and O–H groups in total. The number of nitrogens with two attached hydrogens (primary N) is 1. The number of quaternary nitrogens is 1. The highest BCUT2D eigenvalue weighted by atomic mass is 32.2. The van der Waals surface area contributed by atoms with Crippen LogP contribution in [0.15, 0.2) is 58.0 Å². The molecule has 2 aromatic carbocycles. The van der Waals surface area contributed by atoms with Crippen molar-refractivity contribution in [3.8, 4) is 6.07 Å². The monoisotopic (exact) mass is 420 g/mol. The Morgan fingerprint density at radius 2 is 1.90 bits per heavy atom. The smallest absolute Gasteiger partial charge is 0.133 e. The van der Waals surface area contributed by atoms with E-state index in [2.05, 4.69) is 93.4 Å². The molecule has 158 valence electrons. The van der Waals surface area contributed by atoms with Crippen molar-refractivity contribution in [3.05, 3.63) is 64.2 Å². The van der Waals surface area contributed by atoms with E-state index in [4.69, 9.17) is 0 Å². The van der Waals surface area contributed by atoms with Crippen LogP contribution in [-0.4, -0.2) is 13.1 Å². The summed E-state index contributed by atoms with van der Waals surface area (Å²) in [6, 6.07) is 17.8. The Hall–Kier alpha value is -2.22. The summed E-state index contributed by atoms with van der Waals surface area (Å²) in [7, 11) is 0. The first-order valence-electron chi connectivity index (χ1n) is 11.0. The topological polar surface area (TPSA) is 43.6 Å². The van der Waals surface area contributed by atoms with E-state index in [-0.39, 0.29) is 5.41 Å². The maximum atomic E-state index is 10.2. The van der Waals surface area contributed by atoms with Gasteiger partial charge in [0.05, 0.1) is 28.9 Å². The predicted molar refractivity (Wildman–Crippen MR) is 128 cm³/mol. The van der Waals surface area contributed by atoms with Crippen molar-refractivity contribution in [2.75, 3.05) is 18.0 Å². The lowest BCUT2D eigenvalue weighted by atomic mass is 9.78. The maximum Gasteiger partial charge on any atom is 0.133 e. The zero-order valence-corrected chi connectivity index (χ0v) is 19.8. The van der Waals surface area contributed by atoms with Crippen molar-refractivity contribution in [2.45, 2.75) is 64.2 Å². The number of nitriles is 1. The second-order valence-electron chi connectivity index (χ2n) is 8.76. The number of hydrogen-bond donors (Lipinski definition) is 1. The van der Waals surface area contributed by atoms with E-state index < -0.39 is 0 Å². The molecule has 0 aliphatic carbocycles. The molecule has 0 atom stereocenters. The van der Waals surface area contributed by atoms with E-state index >= 15 is 0 Å². The van der Waals surface area contributed by atoms with Crippen LogP contribution in [0.3, 0.4) is 0 Å². The van der Waals surface area contributed by atoms with E-state index in [9.17, 15) is 5.26 Å². The molecule has 0 saturated carbocycles. The second kappa shape index (κ2) is 9.73. The van der Waals surface area contributed by atoms with Crippen molar-refractivity contribution in [1.29, 1.82) is 5.26 Å². The van der Waals surface area contributed by atoms with Crippen LogP contribution in [-0.2, 0) is 5.41 Å². The molecule has 3 rings (SSSR count). The fourth-order valence-corrected chi connectivity index (χ4v) is 5.31. The average Bonchev–Trinajstić information content (AvgIpc) is 3.08. The molecule has 0 fully saturated rings. The second-order valence-corrected chi connectivity index (χ2v) is 9.79. The summed E-state index contributed by atoms with van der Waals surface area (Å²) in [5, 5.41) is 13.6. The molecule has 1 aliphatic rings. The zero-order valence-electron chi connectivity index (χ0n) is 19.0. The quantitative estimate of drug-likeness (QED) is 0.419. The molecular formula is C26H34N3S+. The molecule has 4 heteroatoms. The molecule has 0 saturated heterocycles. The third kappa shape index (κ3) is 4.74. The van der Waals surface area contributed by atoms with Gasteiger partial charge in [-0.2, -0.15) is 5.26 Å². The van der Waals surface area contributed by atoms with Crippen LogP contribution >= 0.6 is 11.8 Å². The third-order valence-corrected chi connectivity index (χ3v) is 6.88. The molecule has 0 amide bonds. The normalized spacial score (nSPS) is 15.1. The SMILES string of the molecule is CCC[NH2+]c1ccccc1C(C)(C)C/C(C#N)=C1\Sc2ccc(C)cc2N1CCC. The van der Waals surface area contributed by atoms with Gasteiger partial charge in [-0.25, -0.2) is 0 Å². The van der Waals surface area contributed by atoms with Crippen LogP contribution in [0.4, 0.5) is 11.4 Å². The summed E-state index contributed by atoms with van der Waals surface area (Å²) in [4.78, 5) is 3.61. The number of benzene rings is 2. The average molecular weight is 421 g/mol. The van der Waals surface area contributed by atoms with Gasteiger partial charge in [-0.15, -0.1) is 0 Å². The standard InChI is InChI=1S/C26H33N3S/c1-6-14-28-22-11-9-8-10-21(22)26(4,5)17-20(18-27)25-29(15-7-2)23-16-19(3)12-13-24(23)30-25/h8-13,16,28H,6-7,14-15,17H2,1-5H3/p+1/b25-20+. The highest BCUT2D eigenvalue weighted by molar-refractivity contribution is 8.03. The summed E-state index contributed by atoms with van der Waals surface area (Å²) in [6.07, 6.45) is 2.92. The Labute approximate surface area is 186 Å². The van der Waals surface area contributed by atoms with Gasteiger partial charge in [0.15, 0.2) is 0 Å². The molecule has 0 unspecified atom stereocenters. The number of aryl methyl sites for hydroxylation is 1. The van der Waals surface area contributed by atoms with E-state index in [0.29, 0.717) is 0 Å². The number of allylic oxidation sites excluding steroid dienone is 1. The Morgan fingerprint density at radius 1 is 1.13 bits per heavy atom. The minimum absolute atomic E-state index is 0.123. The lowest BCUT2D eigenvalue weighted by Gasteiger charge is -2.28. The Kier molecular flexibility index (Phi) is 7.28. The zero-order chi connectivity index (χ0) is 21.7. The van der Waals surface area contributed by atoms with Crippen LogP contribution in [0.2, 0.25) is 0 Å². The van der Waals surface area contributed by atoms with Gasteiger partial charge in [-0.3, -0.25) is 0 Å². The summed E-state index contributed by atoms with van der Waals surface area (Å²) < 4.78 is 0. The first-order chi connectivity index (χ1) is 14.4. The van der Waals surface area contributed by atoms with Gasteiger partial charge in [0.1, 0.15) is 5.69 Å². The molecule has 1 aliphatic heterocycles. The molecule has 0 radical (unpaired) electrons. The molecule has 0 spiro atoms. The minimum atomic E-state index is -0.123. The predicted octanol–water partition coefficient (Wildman–Crippen LogP) is 6.03. The summed E-state index contributed by atoms with van der Waals surface area (Å²) in [5.41, 5.74) is 5.90. The maximum absolute atomic E-state index is 10.2. The van der Waals surface area contributed by atoms with Gasteiger partial charge in [0.2, 0.25) is 0 Å². The summed E-state index contributed by atoms with van der Waals surface area (Å²) in [5.74, 6) is 0. The summed E-state index contributed by atoms with van der Waals surface area (Å²) in [6.45, 7) is 13.1. The van der Waals surface area contributed by atoms with Gasteiger partial charge < -0.3 is 10.2 Å². The molecule has 2 aromatic rings. The highest BCUT2D eigenvalue weighted by Crippen LogP contribution is 2.49.